The molecule has 0 spiro atoms. The molecule has 0 radical (unpaired) electrons. The Hall–Kier alpha value is -1.43. The van der Waals surface area contributed by atoms with Gasteiger partial charge in [-0.05, 0) is 25.0 Å². The molecule has 0 amide bonds. The van der Waals surface area contributed by atoms with Gasteiger partial charge in [-0.15, -0.1) is 0 Å². The van der Waals surface area contributed by atoms with Gasteiger partial charge >= 0.3 is 0 Å². The van der Waals surface area contributed by atoms with Crippen molar-refractivity contribution in [2.75, 3.05) is 31.0 Å². The van der Waals surface area contributed by atoms with Crippen molar-refractivity contribution in [3.8, 4) is 11.5 Å². The zero-order valence-electron chi connectivity index (χ0n) is 11.2. The van der Waals surface area contributed by atoms with Crippen LogP contribution >= 0.6 is 0 Å². The summed E-state index contributed by atoms with van der Waals surface area (Å²) < 4.78 is 33.2. The van der Waals surface area contributed by atoms with Crippen LogP contribution < -0.4 is 14.8 Å². The molecule has 0 aliphatic carbocycles. The van der Waals surface area contributed by atoms with Gasteiger partial charge in [-0.25, -0.2) is 8.42 Å². The molecule has 0 saturated carbocycles. The standard InChI is InChI=1S/C13H19NO4S/c1-17-12-4-3-11(9-13(12)18-2)14-10-5-7-19(15,16)8-6-10/h3-4,9-10,14H,5-8H2,1-2H3. The lowest BCUT2D eigenvalue weighted by atomic mass is 10.1. The zero-order valence-corrected chi connectivity index (χ0v) is 12.0. The minimum Gasteiger partial charge on any atom is -0.493 e. The average molecular weight is 285 g/mol. The van der Waals surface area contributed by atoms with E-state index < -0.39 is 9.84 Å². The van der Waals surface area contributed by atoms with E-state index in [9.17, 15) is 8.42 Å². The summed E-state index contributed by atoms with van der Waals surface area (Å²) in [6.45, 7) is 0. The van der Waals surface area contributed by atoms with Crippen LogP contribution in [-0.4, -0.2) is 40.2 Å². The summed E-state index contributed by atoms with van der Waals surface area (Å²) in [5.41, 5.74) is 0.918. The molecule has 1 saturated heterocycles. The van der Waals surface area contributed by atoms with E-state index in [1.165, 1.54) is 0 Å². The number of benzene rings is 1. The van der Waals surface area contributed by atoms with Crippen molar-refractivity contribution in [2.24, 2.45) is 0 Å². The quantitative estimate of drug-likeness (QED) is 0.912. The summed E-state index contributed by atoms with van der Waals surface area (Å²) in [4.78, 5) is 0. The predicted molar refractivity (Wildman–Crippen MR) is 74.8 cm³/mol. The van der Waals surface area contributed by atoms with Crippen molar-refractivity contribution in [1.29, 1.82) is 0 Å². The second-order valence-corrected chi connectivity index (χ2v) is 6.94. The average Bonchev–Trinajstić information content (AvgIpc) is 2.41. The topological polar surface area (TPSA) is 64.6 Å². The molecule has 5 nitrogen and oxygen atoms in total. The predicted octanol–water partition coefficient (Wildman–Crippen LogP) is 1.69. The Morgan fingerprint density at radius 2 is 1.74 bits per heavy atom. The molecular weight excluding hydrogens is 266 g/mol. The Balaban J connectivity index is 2.04. The number of ether oxygens (including phenoxy) is 2. The van der Waals surface area contributed by atoms with E-state index in [0.29, 0.717) is 24.3 Å². The Kier molecular flexibility index (Phi) is 4.19. The van der Waals surface area contributed by atoms with Crippen LogP contribution in [0.4, 0.5) is 5.69 Å². The lowest BCUT2D eigenvalue weighted by Crippen LogP contribution is -2.32. The molecule has 0 unspecified atom stereocenters. The maximum absolute atomic E-state index is 11.4. The third kappa shape index (κ3) is 3.53. The highest BCUT2D eigenvalue weighted by atomic mass is 32.2. The highest BCUT2D eigenvalue weighted by Gasteiger charge is 2.23. The first kappa shape index (κ1) is 14.0. The van der Waals surface area contributed by atoms with Crippen molar-refractivity contribution in [3.05, 3.63) is 18.2 Å². The van der Waals surface area contributed by atoms with Gasteiger partial charge in [0.1, 0.15) is 9.84 Å². The van der Waals surface area contributed by atoms with Crippen LogP contribution in [0.15, 0.2) is 18.2 Å². The third-order valence-corrected chi connectivity index (χ3v) is 5.02. The minimum absolute atomic E-state index is 0.196. The fraction of sp³-hybridized carbons (Fsp3) is 0.538. The van der Waals surface area contributed by atoms with Crippen LogP contribution in [0.3, 0.4) is 0 Å². The minimum atomic E-state index is -2.82. The van der Waals surface area contributed by atoms with E-state index in [2.05, 4.69) is 5.32 Å². The van der Waals surface area contributed by atoms with Crippen molar-refractivity contribution < 1.29 is 17.9 Å². The maximum Gasteiger partial charge on any atom is 0.162 e. The molecular formula is C13H19NO4S. The number of hydrogen-bond acceptors (Lipinski definition) is 5. The van der Waals surface area contributed by atoms with Gasteiger partial charge < -0.3 is 14.8 Å². The number of methoxy groups -OCH3 is 2. The van der Waals surface area contributed by atoms with Gasteiger partial charge in [-0.1, -0.05) is 0 Å². The van der Waals surface area contributed by atoms with Gasteiger partial charge in [-0.2, -0.15) is 0 Å². The molecule has 106 valence electrons. The summed E-state index contributed by atoms with van der Waals surface area (Å²) in [5.74, 6) is 1.87. The Bertz CT molecular complexity index is 528. The second kappa shape index (κ2) is 5.69. The van der Waals surface area contributed by atoms with Crippen LogP contribution in [-0.2, 0) is 9.84 Å². The fourth-order valence-corrected chi connectivity index (χ4v) is 3.69. The number of rotatable bonds is 4. The van der Waals surface area contributed by atoms with E-state index in [0.717, 1.165) is 5.69 Å². The first-order valence-corrected chi connectivity index (χ1v) is 8.05. The lowest BCUT2D eigenvalue weighted by Gasteiger charge is -2.24. The number of nitrogens with one attached hydrogen (secondary N) is 1. The smallest absolute Gasteiger partial charge is 0.162 e. The van der Waals surface area contributed by atoms with Crippen LogP contribution in [0.2, 0.25) is 0 Å². The summed E-state index contributed by atoms with van der Waals surface area (Å²) >= 11 is 0. The number of sulfone groups is 1. The van der Waals surface area contributed by atoms with E-state index >= 15 is 0 Å². The van der Waals surface area contributed by atoms with Crippen LogP contribution in [0, 0.1) is 0 Å². The van der Waals surface area contributed by atoms with Gasteiger partial charge in [-0.3, -0.25) is 0 Å². The molecule has 1 N–H and O–H groups in total. The fourth-order valence-electron chi connectivity index (χ4n) is 2.20. The van der Waals surface area contributed by atoms with Gasteiger partial charge in [0.05, 0.1) is 25.7 Å². The molecule has 0 bridgehead atoms. The van der Waals surface area contributed by atoms with Gasteiger partial charge in [0, 0.05) is 17.8 Å². The Morgan fingerprint density at radius 3 is 2.32 bits per heavy atom. The van der Waals surface area contributed by atoms with E-state index in [4.69, 9.17) is 9.47 Å². The molecule has 1 aromatic carbocycles. The molecule has 1 aromatic rings. The molecule has 0 atom stereocenters. The first-order chi connectivity index (χ1) is 9.04. The molecule has 6 heteroatoms. The third-order valence-electron chi connectivity index (χ3n) is 3.31. The number of anilines is 1. The van der Waals surface area contributed by atoms with Crippen LogP contribution in [0.5, 0.6) is 11.5 Å². The van der Waals surface area contributed by atoms with Crippen LogP contribution in [0.25, 0.3) is 0 Å². The first-order valence-electron chi connectivity index (χ1n) is 6.23. The van der Waals surface area contributed by atoms with Gasteiger partial charge in [0.15, 0.2) is 11.5 Å². The summed E-state index contributed by atoms with van der Waals surface area (Å²) in [5, 5.41) is 3.34. The van der Waals surface area contributed by atoms with Crippen LogP contribution in [0.1, 0.15) is 12.8 Å². The summed E-state index contributed by atoms with van der Waals surface area (Å²) in [6, 6.07) is 5.80. The van der Waals surface area contributed by atoms with E-state index in [-0.39, 0.29) is 17.5 Å². The van der Waals surface area contributed by atoms with E-state index in [1.54, 1.807) is 14.2 Å². The lowest BCUT2D eigenvalue weighted by molar-refractivity contribution is 0.355. The van der Waals surface area contributed by atoms with Gasteiger partial charge in [0.25, 0.3) is 0 Å². The van der Waals surface area contributed by atoms with Crippen molar-refractivity contribution >= 4 is 15.5 Å². The molecule has 1 fully saturated rings. The number of hydrogen-bond donors (Lipinski definition) is 1. The Labute approximate surface area is 113 Å². The molecule has 2 rings (SSSR count). The highest BCUT2D eigenvalue weighted by Crippen LogP contribution is 2.30. The Morgan fingerprint density at radius 1 is 1.11 bits per heavy atom. The van der Waals surface area contributed by atoms with Crippen molar-refractivity contribution in [3.63, 3.8) is 0 Å². The van der Waals surface area contributed by atoms with Crippen molar-refractivity contribution in [1.82, 2.24) is 0 Å². The summed E-state index contributed by atoms with van der Waals surface area (Å²) in [7, 11) is 0.370. The molecule has 0 aromatic heterocycles. The maximum atomic E-state index is 11.4. The van der Waals surface area contributed by atoms with E-state index in [1.807, 2.05) is 18.2 Å². The molecule has 1 heterocycles. The largest absolute Gasteiger partial charge is 0.493 e. The summed E-state index contributed by atoms with van der Waals surface area (Å²) in [6.07, 6.45) is 1.30. The normalized spacial score (nSPS) is 18.8. The molecule has 1 aliphatic rings. The molecule has 1 aliphatic heterocycles. The van der Waals surface area contributed by atoms with Crippen molar-refractivity contribution in [2.45, 2.75) is 18.9 Å². The molecule has 19 heavy (non-hydrogen) atoms. The second-order valence-electron chi connectivity index (χ2n) is 4.64. The van der Waals surface area contributed by atoms with Gasteiger partial charge in [0.2, 0.25) is 0 Å². The monoisotopic (exact) mass is 285 g/mol. The highest BCUT2D eigenvalue weighted by molar-refractivity contribution is 7.91. The zero-order chi connectivity index (χ0) is 13.9. The SMILES string of the molecule is COc1ccc(NC2CCS(=O)(=O)CC2)cc1OC.